The molecule has 302 valence electrons. The van der Waals surface area contributed by atoms with E-state index in [0.717, 1.165) is 71.7 Å². The molecule has 2 aromatic heterocycles. The van der Waals surface area contributed by atoms with Crippen molar-refractivity contribution in [3.05, 3.63) is 224 Å². The van der Waals surface area contributed by atoms with Crippen molar-refractivity contribution in [1.29, 1.82) is 0 Å². The highest BCUT2D eigenvalue weighted by molar-refractivity contribution is 6.26. The van der Waals surface area contributed by atoms with Gasteiger partial charge in [0.1, 0.15) is 11.2 Å². The van der Waals surface area contributed by atoms with Crippen LogP contribution < -0.4 is 0 Å². The first-order valence-electron chi connectivity index (χ1n) is 22.0. The monoisotopic (exact) mass is 827 g/mol. The summed E-state index contributed by atoms with van der Waals surface area (Å²) in [4.78, 5) is 15.1. The van der Waals surface area contributed by atoms with Gasteiger partial charge >= 0.3 is 0 Å². The summed E-state index contributed by atoms with van der Waals surface area (Å²) in [5, 5.41) is 12.0. The van der Waals surface area contributed by atoms with Crippen LogP contribution in [0.25, 0.3) is 133 Å². The van der Waals surface area contributed by atoms with Crippen molar-refractivity contribution in [2.45, 2.75) is 0 Å². The molecule has 13 aromatic rings. The maximum absolute atomic E-state index is 6.97. The molecule has 0 N–H and O–H groups in total. The predicted octanol–water partition coefficient (Wildman–Crippen LogP) is 16.4. The number of nitrogens with zero attached hydrogens (tertiary/aromatic N) is 3. The molecule has 4 heteroatoms. The van der Waals surface area contributed by atoms with Crippen molar-refractivity contribution < 1.29 is 4.42 Å². The van der Waals surface area contributed by atoms with Crippen molar-refractivity contribution >= 4 is 65.0 Å². The third kappa shape index (κ3) is 6.18. The van der Waals surface area contributed by atoms with Gasteiger partial charge in [0.15, 0.2) is 17.5 Å². The molecular formula is C61H37N3O. The Balaban J connectivity index is 0.924. The van der Waals surface area contributed by atoms with Crippen LogP contribution in [0.5, 0.6) is 0 Å². The fourth-order valence-corrected chi connectivity index (χ4v) is 9.78. The molecule has 0 unspecified atom stereocenters. The highest BCUT2D eigenvalue weighted by Gasteiger charge is 2.19. The molecule has 0 aliphatic rings. The Morgan fingerprint density at radius 1 is 0.215 bits per heavy atom. The van der Waals surface area contributed by atoms with E-state index in [1.54, 1.807) is 0 Å². The fourth-order valence-electron chi connectivity index (χ4n) is 9.78. The second-order valence-electron chi connectivity index (χ2n) is 16.7. The standard InChI is InChI=1S/C61H37N3O/c1-3-15-38(16-4-1)42-19-13-20-44(35-42)61-63-59(40-17-5-2-6-18-40)62-60(64-61)41-31-29-39(30-32-41)45-27-14-28-53-56-37-54(50-25-11-12-26-52(50)58(56)65-57(45)53)43-33-34-51-48-23-8-7-21-46(48)47-22-9-10-24-49(47)55(51)36-43/h1-37H. The molecular weight excluding hydrogens is 791 g/mol. The molecule has 2 heterocycles. The zero-order chi connectivity index (χ0) is 42.8. The summed E-state index contributed by atoms with van der Waals surface area (Å²) >= 11 is 0. The average Bonchev–Trinajstić information content (AvgIpc) is 3.78. The summed E-state index contributed by atoms with van der Waals surface area (Å²) in [5.41, 5.74) is 11.2. The van der Waals surface area contributed by atoms with Crippen LogP contribution >= 0.6 is 0 Å². The Morgan fingerprint density at radius 2 is 0.662 bits per heavy atom. The third-order valence-electron chi connectivity index (χ3n) is 12.9. The van der Waals surface area contributed by atoms with Crippen molar-refractivity contribution in [3.8, 4) is 67.5 Å². The summed E-state index contributed by atoms with van der Waals surface area (Å²) in [6.07, 6.45) is 0. The zero-order valence-electron chi connectivity index (χ0n) is 35.1. The largest absolute Gasteiger partial charge is 0.455 e. The van der Waals surface area contributed by atoms with Crippen LogP contribution in [0.1, 0.15) is 0 Å². The highest BCUT2D eigenvalue weighted by atomic mass is 16.3. The maximum Gasteiger partial charge on any atom is 0.164 e. The summed E-state index contributed by atoms with van der Waals surface area (Å²) in [7, 11) is 0. The predicted molar refractivity (Wildman–Crippen MR) is 270 cm³/mol. The van der Waals surface area contributed by atoms with E-state index in [0.29, 0.717) is 17.5 Å². The lowest BCUT2D eigenvalue weighted by Crippen LogP contribution is -2.00. The van der Waals surface area contributed by atoms with E-state index in [-0.39, 0.29) is 0 Å². The Hall–Kier alpha value is -8.73. The van der Waals surface area contributed by atoms with Gasteiger partial charge in [-0.25, -0.2) is 15.0 Å². The van der Waals surface area contributed by atoms with E-state index in [1.807, 2.05) is 36.4 Å². The Labute approximate surface area is 374 Å². The van der Waals surface area contributed by atoms with Crippen LogP contribution in [0.3, 0.4) is 0 Å². The number of hydrogen-bond donors (Lipinski definition) is 0. The second kappa shape index (κ2) is 15.0. The molecule has 0 radical (unpaired) electrons. The minimum Gasteiger partial charge on any atom is -0.455 e. The van der Waals surface area contributed by atoms with Gasteiger partial charge in [0.2, 0.25) is 0 Å². The SMILES string of the molecule is c1ccc(-c2cccc(-c3nc(-c4ccccc4)nc(-c4ccc(-c5cccc6c5oc5c7ccccc7c(-c7ccc8c9ccccc9c9ccccc9c8c7)cc65)cc4)n3)c2)cc1. The molecule has 13 rings (SSSR count). The molecule has 0 aliphatic carbocycles. The van der Waals surface area contributed by atoms with Crippen LogP contribution in [-0.4, -0.2) is 15.0 Å². The molecule has 0 saturated heterocycles. The summed E-state index contributed by atoms with van der Waals surface area (Å²) in [6, 6.07) is 79.3. The molecule has 0 amide bonds. The number of fused-ring (bicyclic) bond motifs is 11. The second-order valence-corrected chi connectivity index (χ2v) is 16.7. The van der Waals surface area contributed by atoms with E-state index < -0.39 is 0 Å². The maximum atomic E-state index is 6.97. The lowest BCUT2D eigenvalue weighted by Gasteiger charge is -2.13. The van der Waals surface area contributed by atoms with E-state index in [2.05, 4.69) is 188 Å². The number of rotatable bonds is 6. The van der Waals surface area contributed by atoms with Crippen LogP contribution in [0.4, 0.5) is 0 Å². The lowest BCUT2D eigenvalue weighted by molar-refractivity contribution is 0.674. The van der Waals surface area contributed by atoms with Gasteiger partial charge < -0.3 is 4.42 Å². The highest BCUT2D eigenvalue weighted by Crippen LogP contribution is 2.44. The number of para-hydroxylation sites is 1. The van der Waals surface area contributed by atoms with Gasteiger partial charge in [0, 0.05) is 38.4 Å². The summed E-state index contributed by atoms with van der Waals surface area (Å²) in [6.45, 7) is 0. The molecule has 65 heavy (non-hydrogen) atoms. The lowest BCUT2D eigenvalue weighted by atomic mass is 9.90. The van der Waals surface area contributed by atoms with Crippen LogP contribution in [-0.2, 0) is 0 Å². The number of aromatic nitrogens is 3. The topological polar surface area (TPSA) is 51.8 Å². The number of benzene rings is 11. The van der Waals surface area contributed by atoms with Gasteiger partial charge in [-0.2, -0.15) is 0 Å². The third-order valence-corrected chi connectivity index (χ3v) is 12.9. The zero-order valence-corrected chi connectivity index (χ0v) is 35.1. The van der Waals surface area contributed by atoms with Gasteiger partial charge in [-0.15, -0.1) is 0 Å². The molecule has 0 atom stereocenters. The van der Waals surface area contributed by atoms with Crippen LogP contribution in [0, 0.1) is 0 Å². The first-order chi connectivity index (χ1) is 32.2. The van der Waals surface area contributed by atoms with Gasteiger partial charge in [-0.3, -0.25) is 0 Å². The van der Waals surface area contributed by atoms with E-state index >= 15 is 0 Å². The quantitative estimate of drug-likeness (QED) is 0.157. The van der Waals surface area contributed by atoms with Crippen LogP contribution in [0.15, 0.2) is 229 Å². The number of furan rings is 1. The van der Waals surface area contributed by atoms with Crippen molar-refractivity contribution in [3.63, 3.8) is 0 Å². The molecule has 4 nitrogen and oxygen atoms in total. The molecule has 0 aliphatic heterocycles. The summed E-state index contributed by atoms with van der Waals surface area (Å²) < 4.78 is 6.97. The summed E-state index contributed by atoms with van der Waals surface area (Å²) in [5.74, 6) is 1.87. The molecule has 0 spiro atoms. The van der Waals surface area contributed by atoms with Crippen molar-refractivity contribution in [1.82, 2.24) is 15.0 Å². The fraction of sp³-hybridized carbons (Fsp3) is 0. The van der Waals surface area contributed by atoms with E-state index in [9.17, 15) is 0 Å². The minimum absolute atomic E-state index is 0.612. The van der Waals surface area contributed by atoms with Crippen LogP contribution in [0.2, 0.25) is 0 Å². The van der Waals surface area contributed by atoms with Gasteiger partial charge in [0.05, 0.1) is 0 Å². The van der Waals surface area contributed by atoms with Gasteiger partial charge in [-0.05, 0) is 83.7 Å². The minimum atomic E-state index is 0.612. The first-order valence-corrected chi connectivity index (χ1v) is 22.0. The average molecular weight is 828 g/mol. The number of hydrogen-bond acceptors (Lipinski definition) is 4. The normalized spacial score (nSPS) is 11.7. The van der Waals surface area contributed by atoms with Crippen molar-refractivity contribution in [2.75, 3.05) is 0 Å². The molecule has 0 saturated carbocycles. The Kier molecular flexibility index (Phi) is 8.50. The first kappa shape index (κ1) is 36.9. The van der Waals surface area contributed by atoms with E-state index in [1.165, 1.54) is 43.4 Å². The van der Waals surface area contributed by atoms with Gasteiger partial charge in [0.25, 0.3) is 0 Å². The van der Waals surface area contributed by atoms with Crippen molar-refractivity contribution in [2.24, 2.45) is 0 Å². The molecule has 0 fully saturated rings. The molecule has 0 bridgehead atoms. The van der Waals surface area contributed by atoms with E-state index in [4.69, 9.17) is 19.4 Å². The Bertz CT molecular complexity index is 3950. The molecule has 11 aromatic carbocycles. The Morgan fingerprint density at radius 3 is 1.34 bits per heavy atom. The van der Waals surface area contributed by atoms with Gasteiger partial charge in [-0.1, -0.05) is 206 Å². The smallest absolute Gasteiger partial charge is 0.164 e.